The Kier molecular flexibility index (Phi) is 3.28. The first-order valence-corrected chi connectivity index (χ1v) is 6.52. The molecule has 1 heterocycles. The molecule has 0 unspecified atom stereocenters. The maximum absolute atomic E-state index is 11.1. The van der Waals surface area contributed by atoms with Crippen molar-refractivity contribution in [3.8, 4) is 22.4 Å². The van der Waals surface area contributed by atoms with E-state index in [0.717, 1.165) is 22.4 Å². The molecule has 0 aliphatic carbocycles. The number of benzene rings is 2. The number of carboxylic acids is 1. The van der Waals surface area contributed by atoms with Gasteiger partial charge in [-0.1, -0.05) is 47.6 Å². The van der Waals surface area contributed by atoms with Crippen molar-refractivity contribution in [2.24, 2.45) is 0 Å². The quantitative estimate of drug-likeness (QED) is 0.786. The van der Waals surface area contributed by atoms with Crippen LogP contribution >= 0.6 is 0 Å². The van der Waals surface area contributed by atoms with Crippen molar-refractivity contribution in [3.05, 3.63) is 65.9 Å². The molecule has 2 aromatic carbocycles. The van der Waals surface area contributed by atoms with E-state index in [1.54, 1.807) is 18.2 Å². The fraction of sp³-hybridized carbons (Fsp3) is 0.0588. The van der Waals surface area contributed by atoms with Gasteiger partial charge in [0.15, 0.2) is 0 Å². The maximum atomic E-state index is 11.1. The molecule has 0 aliphatic rings. The zero-order chi connectivity index (χ0) is 14.8. The van der Waals surface area contributed by atoms with E-state index in [2.05, 4.69) is 5.16 Å². The van der Waals surface area contributed by atoms with E-state index in [-0.39, 0.29) is 5.56 Å². The Hall–Kier alpha value is -2.88. The summed E-state index contributed by atoms with van der Waals surface area (Å²) in [5.74, 6) is -0.288. The van der Waals surface area contributed by atoms with Crippen molar-refractivity contribution in [1.82, 2.24) is 5.16 Å². The van der Waals surface area contributed by atoms with Gasteiger partial charge in [-0.25, -0.2) is 4.79 Å². The summed E-state index contributed by atoms with van der Waals surface area (Å²) in [6.45, 7) is 1.82. The molecule has 0 saturated heterocycles. The summed E-state index contributed by atoms with van der Waals surface area (Å²) in [6.07, 6.45) is 0. The first kappa shape index (κ1) is 13.1. The second-order valence-corrected chi connectivity index (χ2v) is 4.71. The lowest BCUT2D eigenvalue weighted by Gasteiger charge is -2.04. The molecule has 1 N–H and O–H groups in total. The molecule has 4 nitrogen and oxygen atoms in total. The number of carbonyl (C=O) groups is 1. The minimum atomic E-state index is -0.952. The second-order valence-electron chi connectivity index (χ2n) is 4.71. The van der Waals surface area contributed by atoms with E-state index in [9.17, 15) is 4.79 Å². The van der Waals surface area contributed by atoms with Crippen molar-refractivity contribution >= 4 is 5.97 Å². The molecule has 0 saturated carbocycles. The fourth-order valence-corrected chi connectivity index (χ4v) is 2.31. The molecule has 1 aromatic heterocycles. The van der Waals surface area contributed by atoms with E-state index in [4.69, 9.17) is 9.63 Å². The first-order chi connectivity index (χ1) is 10.2. The van der Waals surface area contributed by atoms with Crippen LogP contribution in [0.2, 0.25) is 0 Å². The van der Waals surface area contributed by atoms with Gasteiger partial charge in [0.05, 0.1) is 11.1 Å². The molecule has 0 atom stereocenters. The Morgan fingerprint density at radius 2 is 1.76 bits per heavy atom. The van der Waals surface area contributed by atoms with Gasteiger partial charge in [-0.05, 0) is 24.6 Å². The Bertz CT molecular complexity index is 791. The standard InChI is InChI=1S/C17H13NO3/c1-11-15(13-8-5-9-14(10-13)17(19)20)16(18-21-11)12-6-3-2-4-7-12/h2-10H,1H3,(H,19,20). The molecule has 3 rings (SSSR count). The van der Waals surface area contributed by atoms with Crippen LogP contribution in [0.4, 0.5) is 0 Å². The lowest BCUT2D eigenvalue weighted by Crippen LogP contribution is -1.96. The van der Waals surface area contributed by atoms with Gasteiger partial charge in [-0.3, -0.25) is 0 Å². The monoisotopic (exact) mass is 279 g/mol. The molecule has 0 spiro atoms. The number of hydrogen-bond acceptors (Lipinski definition) is 3. The lowest BCUT2D eigenvalue weighted by atomic mass is 9.98. The van der Waals surface area contributed by atoms with Gasteiger partial charge in [0, 0.05) is 5.56 Å². The van der Waals surface area contributed by atoms with E-state index in [1.807, 2.05) is 43.3 Å². The number of carboxylic acid groups (broad SMARTS) is 1. The number of aromatic carboxylic acids is 1. The van der Waals surface area contributed by atoms with Crippen LogP contribution in [-0.2, 0) is 0 Å². The molecule has 104 valence electrons. The maximum Gasteiger partial charge on any atom is 0.335 e. The molecule has 0 fully saturated rings. The van der Waals surface area contributed by atoms with E-state index >= 15 is 0 Å². The number of nitrogens with zero attached hydrogens (tertiary/aromatic N) is 1. The number of aromatic nitrogens is 1. The van der Waals surface area contributed by atoms with E-state index in [0.29, 0.717) is 5.76 Å². The van der Waals surface area contributed by atoms with Crippen LogP contribution in [0.1, 0.15) is 16.1 Å². The van der Waals surface area contributed by atoms with Gasteiger partial charge >= 0.3 is 5.97 Å². The van der Waals surface area contributed by atoms with Crippen LogP contribution in [0.3, 0.4) is 0 Å². The molecule has 0 radical (unpaired) electrons. The number of aryl methyl sites for hydroxylation is 1. The van der Waals surface area contributed by atoms with E-state index < -0.39 is 5.97 Å². The summed E-state index contributed by atoms with van der Waals surface area (Å²) in [7, 11) is 0. The normalized spacial score (nSPS) is 10.5. The molecule has 4 heteroatoms. The molecular formula is C17H13NO3. The summed E-state index contributed by atoms with van der Waals surface area (Å²) < 4.78 is 5.31. The molecule has 21 heavy (non-hydrogen) atoms. The van der Waals surface area contributed by atoms with Gasteiger partial charge in [0.1, 0.15) is 11.5 Å². The van der Waals surface area contributed by atoms with Gasteiger partial charge in [-0.15, -0.1) is 0 Å². The third-order valence-electron chi connectivity index (χ3n) is 3.31. The number of hydrogen-bond donors (Lipinski definition) is 1. The number of rotatable bonds is 3. The van der Waals surface area contributed by atoms with E-state index in [1.165, 1.54) is 0 Å². The Morgan fingerprint density at radius 3 is 2.48 bits per heavy atom. The van der Waals surface area contributed by atoms with Gasteiger partial charge in [-0.2, -0.15) is 0 Å². The van der Waals surface area contributed by atoms with Crippen molar-refractivity contribution in [2.45, 2.75) is 6.92 Å². The average molecular weight is 279 g/mol. The predicted octanol–water partition coefficient (Wildman–Crippen LogP) is 4.02. The summed E-state index contributed by atoms with van der Waals surface area (Å²) >= 11 is 0. The average Bonchev–Trinajstić information content (AvgIpc) is 2.90. The van der Waals surface area contributed by atoms with Crippen molar-refractivity contribution in [2.75, 3.05) is 0 Å². The fourth-order valence-electron chi connectivity index (χ4n) is 2.31. The summed E-state index contributed by atoms with van der Waals surface area (Å²) in [5, 5.41) is 13.2. The molecule has 0 aliphatic heterocycles. The topological polar surface area (TPSA) is 63.3 Å². The second kappa shape index (κ2) is 5.25. The van der Waals surface area contributed by atoms with Gasteiger partial charge < -0.3 is 9.63 Å². The summed E-state index contributed by atoms with van der Waals surface area (Å²) in [6, 6.07) is 16.5. The summed E-state index contributed by atoms with van der Waals surface area (Å²) in [4.78, 5) is 11.1. The highest BCUT2D eigenvalue weighted by atomic mass is 16.5. The molecular weight excluding hydrogens is 266 g/mol. The SMILES string of the molecule is Cc1onc(-c2ccccc2)c1-c1cccc(C(=O)O)c1. The summed E-state index contributed by atoms with van der Waals surface area (Å²) in [5.41, 5.74) is 3.50. The van der Waals surface area contributed by atoms with Crippen molar-refractivity contribution in [1.29, 1.82) is 0 Å². The van der Waals surface area contributed by atoms with Gasteiger partial charge in [0.25, 0.3) is 0 Å². The Morgan fingerprint density at radius 1 is 1.05 bits per heavy atom. The molecule has 0 bridgehead atoms. The van der Waals surface area contributed by atoms with Crippen LogP contribution < -0.4 is 0 Å². The smallest absolute Gasteiger partial charge is 0.335 e. The minimum Gasteiger partial charge on any atom is -0.478 e. The lowest BCUT2D eigenvalue weighted by molar-refractivity contribution is 0.0697. The zero-order valence-electron chi connectivity index (χ0n) is 11.4. The zero-order valence-corrected chi connectivity index (χ0v) is 11.4. The van der Waals surface area contributed by atoms with Crippen LogP contribution in [0, 0.1) is 6.92 Å². The third kappa shape index (κ3) is 2.43. The van der Waals surface area contributed by atoms with Crippen LogP contribution in [0.5, 0.6) is 0 Å². The highest BCUT2D eigenvalue weighted by molar-refractivity contribution is 5.91. The van der Waals surface area contributed by atoms with Crippen molar-refractivity contribution < 1.29 is 14.4 Å². The van der Waals surface area contributed by atoms with Crippen LogP contribution in [0.25, 0.3) is 22.4 Å². The molecule has 3 aromatic rings. The Labute approximate surface area is 121 Å². The van der Waals surface area contributed by atoms with Crippen LogP contribution in [0.15, 0.2) is 59.1 Å². The third-order valence-corrected chi connectivity index (χ3v) is 3.31. The Balaban J connectivity index is 2.17. The highest BCUT2D eigenvalue weighted by Gasteiger charge is 2.17. The largest absolute Gasteiger partial charge is 0.478 e. The first-order valence-electron chi connectivity index (χ1n) is 6.52. The highest BCUT2D eigenvalue weighted by Crippen LogP contribution is 2.34. The molecule has 0 amide bonds. The van der Waals surface area contributed by atoms with Crippen LogP contribution in [-0.4, -0.2) is 16.2 Å². The van der Waals surface area contributed by atoms with Crippen molar-refractivity contribution in [3.63, 3.8) is 0 Å². The minimum absolute atomic E-state index is 0.243. The van der Waals surface area contributed by atoms with Gasteiger partial charge in [0.2, 0.25) is 0 Å². The predicted molar refractivity (Wildman–Crippen MR) is 79.1 cm³/mol.